The normalized spacial score (nSPS) is 14.8. The third kappa shape index (κ3) is 2.96. The molecule has 0 unspecified atom stereocenters. The fraction of sp³-hybridized carbons (Fsp3) is 0.0968. The summed E-state index contributed by atoms with van der Waals surface area (Å²) in [5.41, 5.74) is 6.32. The monoisotopic (exact) mass is 469 g/mol. The van der Waals surface area contributed by atoms with Gasteiger partial charge in [0, 0.05) is 11.9 Å². The molecule has 4 aromatic carbocycles. The minimum atomic E-state index is 0.0286. The highest BCUT2D eigenvalue weighted by Gasteiger charge is 2.42. The number of hydrogen-bond acceptors (Lipinski definition) is 4. The molecule has 7 rings (SSSR count). The van der Waals surface area contributed by atoms with Gasteiger partial charge in [-0.25, -0.2) is 0 Å². The highest BCUT2D eigenvalue weighted by Crippen LogP contribution is 2.48. The van der Waals surface area contributed by atoms with E-state index in [2.05, 4.69) is 72.5 Å². The Morgan fingerprint density at radius 2 is 1.36 bits per heavy atom. The molecule has 0 saturated carbocycles. The van der Waals surface area contributed by atoms with Gasteiger partial charge in [-0.2, -0.15) is 0 Å². The molecule has 0 bridgehead atoms. The van der Waals surface area contributed by atoms with Gasteiger partial charge < -0.3 is 19.1 Å². The van der Waals surface area contributed by atoms with Crippen LogP contribution in [0.4, 0.5) is 11.4 Å². The minimum absolute atomic E-state index is 0.0286. The number of benzene rings is 4. The van der Waals surface area contributed by atoms with E-state index in [0.29, 0.717) is 0 Å². The molecule has 0 aliphatic carbocycles. The van der Waals surface area contributed by atoms with Crippen molar-refractivity contribution in [1.82, 2.24) is 0 Å². The average Bonchev–Trinajstić information content (AvgIpc) is 2.93. The van der Waals surface area contributed by atoms with E-state index < -0.39 is 0 Å². The first-order valence-electron chi connectivity index (χ1n) is 12.4. The standard InChI is InChI=1S/C31H24BNO3/c1-3-11-22-25(4-2)34-28-17-10-7-14-23(28)33(22)24-18-19-29-30-31(24)36-27-16-9-6-13-21(27)32(30)20-12-5-8-15-26(20)35-29/h3,5-19H,4H2,1-2H3/b11-3-. The number of fused-ring (bicyclic) bond motifs is 5. The summed E-state index contributed by atoms with van der Waals surface area (Å²) in [6, 6.07) is 29.0. The number of rotatable bonds is 3. The number of ether oxygens (including phenoxy) is 3. The summed E-state index contributed by atoms with van der Waals surface area (Å²) < 4.78 is 19.5. The molecule has 36 heavy (non-hydrogen) atoms. The van der Waals surface area contributed by atoms with Crippen molar-refractivity contribution >= 4 is 34.5 Å². The molecule has 0 N–H and O–H groups in total. The van der Waals surface area contributed by atoms with Gasteiger partial charge in [0.2, 0.25) is 0 Å². The molecule has 174 valence electrons. The van der Waals surface area contributed by atoms with Gasteiger partial charge >= 0.3 is 0 Å². The molecule has 0 amide bonds. The largest absolute Gasteiger partial charge is 0.458 e. The lowest BCUT2D eigenvalue weighted by atomic mass is 9.35. The molecular formula is C31H24BNO3. The zero-order valence-corrected chi connectivity index (χ0v) is 20.2. The second-order valence-corrected chi connectivity index (χ2v) is 9.11. The first-order valence-corrected chi connectivity index (χ1v) is 12.4. The van der Waals surface area contributed by atoms with Crippen LogP contribution < -0.4 is 35.5 Å². The van der Waals surface area contributed by atoms with Gasteiger partial charge in [-0.05, 0) is 60.3 Å². The summed E-state index contributed by atoms with van der Waals surface area (Å²) in [5, 5.41) is 0. The number of nitrogens with zero attached hydrogens (tertiary/aromatic N) is 1. The quantitative estimate of drug-likeness (QED) is 0.291. The van der Waals surface area contributed by atoms with Crippen LogP contribution in [0.5, 0.6) is 28.7 Å². The van der Waals surface area contributed by atoms with Crippen molar-refractivity contribution in [1.29, 1.82) is 0 Å². The van der Waals surface area contributed by atoms with E-state index in [0.717, 1.165) is 74.4 Å². The van der Waals surface area contributed by atoms with Crippen molar-refractivity contribution in [2.45, 2.75) is 20.3 Å². The lowest BCUT2D eigenvalue weighted by Crippen LogP contribution is -2.57. The Kier molecular flexibility index (Phi) is 4.71. The predicted octanol–water partition coefficient (Wildman–Crippen LogP) is 6.14. The summed E-state index contributed by atoms with van der Waals surface area (Å²) >= 11 is 0. The van der Waals surface area contributed by atoms with Crippen LogP contribution in [0, 0.1) is 0 Å². The summed E-state index contributed by atoms with van der Waals surface area (Å²) in [6.45, 7) is 4.18. The summed E-state index contributed by atoms with van der Waals surface area (Å²) in [4.78, 5) is 2.26. The van der Waals surface area contributed by atoms with Crippen LogP contribution in [0.15, 0.2) is 109 Å². The average molecular weight is 469 g/mol. The van der Waals surface area contributed by atoms with E-state index in [1.54, 1.807) is 0 Å². The van der Waals surface area contributed by atoms with Crippen molar-refractivity contribution < 1.29 is 14.2 Å². The Morgan fingerprint density at radius 3 is 2.08 bits per heavy atom. The van der Waals surface area contributed by atoms with E-state index in [-0.39, 0.29) is 6.71 Å². The number of para-hydroxylation sites is 4. The van der Waals surface area contributed by atoms with E-state index in [1.165, 1.54) is 0 Å². The molecule has 3 aliphatic rings. The molecule has 5 heteroatoms. The molecule has 0 atom stereocenters. The van der Waals surface area contributed by atoms with Gasteiger partial charge in [0.05, 0.1) is 17.1 Å². The predicted molar refractivity (Wildman–Crippen MR) is 145 cm³/mol. The molecule has 0 radical (unpaired) electrons. The van der Waals surface area contributed by atoms with Crippen molar-refractivity contribution in [3.05, 3.63) is 109 Å². The summed E-state index contributed by atoms with van der Waals surface area (Å²) in [6.07, 6.45) is 4.94. The molecule has 4 aromatic rings. The maximum atomic E-state index is 6.72. The maximum absolute atomic E-state index is 6.72. The highest BCUT2D eigenvalue weighted by atomic mass is 16.5. The molecule has 0 fully saturated rings. The molecule has 0 saturated heterocycles. The number of allylic oxidation sites excluding steroid dienone is 3. The van der Waals surface area contributed by atoms with Gasteiger partial charge in [-0.15, -0.1) is 0 Å². The Labute approximate surface area is 211 Å². The van der Waals surface area contributed by atoms with E-state index in [4.69, 9.17) is 14.2 Å². The Morgan fingerprint density at radius 1 is 0.694 bits per heavy atom. The second-order valence-electron chi connectivity index (χ2n) is 9.11. The van der Waals surface area contributed by atoms with Crippen molar-refractivity contribution in [2.75, 3.05) is 4.90 Å². The smallest absolute Gasteiger partial charge is 0.260 e. The Bertz CT molecular complexity index is 1580. The van der Waals surface area contributed by atoms with E-state index >= 15 is 0 Å². The molecule has 3 aliphatic heterocycles. The Balaban J connectivity index is 1.52. The van der Waals surface area contributed by atoms with Crippen LogP contribution >= 0.6 is 0 Å². The van der Waals surface area contributed by atoms with Gasteiger partial charge in [0.1, 0.15) is 28.8 Å². The van der Waals surface area contributed by atoms with Crippen molar-refractivity contribution in [3.63, 3.8) is 0 Å². The molecule has 4 nitrogen and oxygen atoms in total. The summed E-state index contributed by atoms with van der Waals surface area (Å²) in [5.74, 6) is 5.18. The summed E-state index contributed by atoms with van der Waals surface area (Å²) in [7, 11) is 0. The van der Waals surface area contributed by atoms with Gasteiger partial charge in [-0.1, -0.05) is 61.5 Å². The first-order chi connectivity index (χ1) is 17.8. The zero-order valence-electron chi connectivity index (χ0n) is 20.2. The number of hydrogen-bond donors (Lipinski definition) is 0. The van der Waals surface area contributed by atoms with Gasteiger partial charge in [-0.3, -0.25) is 0 Å². The maximum Gasteiger partial charge on any atom is 0.260 e. The SMILES string of the molecule is C/C=C\C1=C(CC)Oc2ccccc2N1c1ccc2c3c1Oc1ccccc1B3c1ccccc1O2. The second kappa shape index (κ2) is 8.09. The van der Waals surface area contributed by atoms with Crippen molar-refractivity contribution in [3.8, 4) is 28.7 Å². The lowest BCUT2D eigenvalue weighted by molar-refractivity contribution is 0.395. The molecule has 3 heterocycles. The Hall–Kier alpha value is -4.38. The third-order valence-corrected chi connectivity index (χ3v) is 7.07. The van der Waals surface area contributed by atoms with E-state index in [1.807, 2.05) is 43.3 Å². The topological polar surface area (TPSA) is 30.9 Å². The lowest BCUT2D eigenvalue weighted by Gasteiger charge is -2.38. The first kappa shape index (κ1) is 21.0. The zero-order chi connectivity index (χ0) is 24.2. The van der Waals surface area contributed by atoms with Crippen LogP contribution in [-0.2, 0) is 0 Å². The molecule has 0 aromatic heterocycles. The fourth-order valence-electron chi connectivity index (χ4n) is 5.55. The van der Waals surface area contributed by atoms with Crippen LogP contribution in [-0.4, -0.2) is 6.71 Å². The fourth-order valence-corrected chi connectivity index (χ4v) is 5.55. The van der Waals surface area contributed by atoms with Crippen LogP contribution in [0.1, 0.15) is 20.3 Å². The third-order valence-electron chi connectivity index (χ3n) is 7.07. The minimum Gasteiger partial charge on any atom is -0.458 e. The van der Waals surface area contributed by atoms with Crippen molar-refractivity contribution in [2.24, 2.45) is 0 Å². The van der Waals surface area contributed by atoms with Crippen LogP contribution in [0.3, 0.4) is 0 Å². The molecular weight excluding hydrogens is 445 g/mol. The molecule has 0 spiro atoms. The number of anilines is 2. The van der Waals surface area contributed by atoms with Crippen LogP contribution in [0.25, 0.3) is 0 Å². The van der Waals surface area contributed by atoms with E-state index in [9.17, 15) is 0 Å². The van der Waals surface area contributed by atoms with Crippen LogP contribution in [0.2, 0.25) is 0 Å². The van der Waals surface area contributed by atoms with Gasteiger partial charge in [0.25, 0.3) is 6.71 Å². The highest BCUT2D eigenvalue weighted by molar-refractivity contribution is 6.98. The van der Waals surface area contributed by atoms with Gasteiger partial charge in [0.15, 0.2) is 5.75 Å².